The van der Waals surface area contributed by atoms with Gasteiger partial charge in [0.2, 0.25) is 0 Å². The van der Waals surface area contributed by atoms with Gasteiger partial charge < -0.3 is 0 Å². The Kier molecular flexibility index (Phi) is 2.35. The van der Waals surface area contributed by atoms with Gasteiger partial charge in [0, 0.05) is 12.1 Å². The first kappa shape index (κ1) is 9.00. The van der Waals surface area contributed by atoms with Gasteiger partial charge in [-0.1, -0.05) is 29.8 Å². The maximum atomic E-state index is 4.02. The summed E-state index contributed by atoms with van der Waals surface area (Å²) < 4.78 is 0. The molecule has 2 heteroatoms. The summed E-state index contributed by atoms with van der Waals surface area (Å²) in [5.41, 5.74) is 5.08. The van der Waals surface area contributed by atoms with E-state index in [1.54, 1.807) is 0 Å². The largest absolute Gasteiger partial charge is 0.283 e. The molecule has 0 aliphatic rings. The molecule has 0 bridgehead atoms. The second kappa shape index (κ2) is 3.66. The SMILES string of the molecule is Cc1cccc(Cc2cn[nH]c2C)c1. The first-order valence-corrected chi connectivity index (χ1v) is 4.80. The van der Waals surface area contributed by atoms with Crippen LogP contribution in [-0.2, 0) is 6.42 Å². The third-order valence-electron chi connectivity index (χ3n) is 2.41. The summed E-state index contributed by atoms with van der Waals surface area (Å²) in [5.74, 6) is 0. The molecule has 2 rings (SSSR count). The van der Waals surface area contributed by atoms with Crippen molar-refractivity contribution in [3.63, 3.8) is 0 Å². The van der Waals surface area contributed by atoms with Crippen LogP contribution in [0.5, 0.6) is 0 Å². The lowest BCUT2D eigenvalue weighted by atomic mass is 10.0. The number of hydrogen-bond donors (Lipinski definition) is 1. The Morgan fingerprint density at radius 2 is 2.14 bits per heavy atom. The Hall–Kier alpha value is -1.57. The van der Waals surface area contributed by atoms with E-state index in [4.69, 9.17) is 0 Å². The first-order valence-electron chi connectivity index (χ1n) is 4.80. The molecule has 14 heavy (non-hydrogen) atoms. The molecular formula is C12H14N2. The fraction of sp³-hybridized carbons (Fsp3) is 0.250. The van der Waals surface area contributed by atoms with Crippen molar-refractivity contribution in [1.82, 2.24) is 10.2 Å². The molecule has 0 atom stereocenters. The van der Waals surface area contributed by atoms with E-state index in [2.05, 4.69) is 48.3 Å². The fourth-order valence-electron chi connectivity index (χ4n) is 1.60. The van der Waals surface area contributed by atoms with E-state index in [1.165, 1.54) is 16.7 Å². The Morgan fingerprint density at radius 3 is 2.79 bits per heavy atom. The summed E-state index contributed by atoms with van der Waals surface area (Å²) in [4.78, 5) is 0. The highest BCUT2D eigenvalue weighted by Gasteiger charge is 2.01. The van der Waals surface area contributed by atoms with Gasteiger partial charge in [-0.25, -0.2) is 0 Å². The van der Waals surface area contributed by atoms with Gasteiger partial charge in [-0.15, -0.1) is 0 Å². The van der Waals surface area contributed by atoms with Crippen LogP contribution in [0.15, 0.2) is 30.5 Å². The Morgan fingerprint density at radius 1 is 1.29 bits per heavy atom. The van der Waals surface area contributed by atoms with Crippen molar-refractivity contribution in [3.8, 4) is 0 Å². The van der Waals surface area contributed by atoms with Gasteiger partial charge in [0.05, 0.1) is 6.20 Å². The average Bonchev–Trinajstić information content (AvgIpc) is 2.52. The van der Waals surface area contributed by atoms with Crippen molar-refractivity contribution in [1.29, 1.82) is 0 Å². The lowest BCUT2D eigenvalue weighted by Gasteiger charge is -2.01. The van der Waals surface area contributed by atoms with Crippen molar-refractivity contribution in [2.45, 2.75) is 20.3 Å². The van der Waals surface area contributed by atoms with E-state index < -0.39 is 0 Å². The molecule has 0 amide bonds. The summed E-state index contributed by atoms with van der Waals surface area (Å²) in [6.07, 6.45) is 2.86. The number of aromatic amines is 1. The molecule has 72 valence electrons. The lowest BCUT2D eigenvalue weighted by molar-refractivity contribution is 1.04. The highest BCUT2D eigenvalue weighted by Crippen LogP contribution is 2.12. The predicted molar refractivity (Wildman–Crippen MR) is 57.3 cm³/mol. The third-order valence-corrected chi connectivity index (χ3v) is 2.41. The molecule has 0 saturated heterocycles. The summed E-state index contributed by atoms with van der Waals surface area (Å²) >= 11 is 0. The highest BCUT2D eigenvalue weighted by atomic mass is 15.1. The Balaban J connectivity index is 2.23. The monoisotopic (exact) mass is 186 g/mol. The summed E-state index contributed by atoms with van der Waals surface area (Å²) in [5, 5.41) is 6.97. The summed E-state index contributed by atoms with van der Waals surface area (Å²) in [6, 6.07) is 8.58. The molecule has 0 fully saturated rings. The maximum Gasteiger partial charge on any atom is 0.0525 e. The third kappa shape index (κ3) is 1.84. The molecule has 1 N–H and O–H groups in total. The van der Waals surface area contributed by atoms with Crippen LogP contribution in [0, 0.1) is 13.8 Å². The molecule has 0 radical (unpaired) electrons. The van der Waals surface area contributed by atoms with Gasteiger partial charge in [0.1, 0.15) is 0 Å². The first-order chi connectivity index (χ1) is 6.75. The number of aromatic nitrogens is 2. The van der Waals surface area contributed by atoms with Crippen molar-refractivity contribution >= 4 is 0 Å². The molecule has 2 nitrogen and oxygen atoms in total. The van der Waals surface area contributed by atoms with Crippen molar-refractivity contribution in [2.24, 2.45) is 0 Å². The zero-order valence-electron chi connectivity index (χ0n) is 8.54. The van der Waals surface area contributed by atoms with Crippen LogP contribution in [0.3, 0.4) is 0 Å². The van der Waals surface area contributed by atoms with Crippen LogP contribution < -0.4 is 0 Å². The van der Waals surface area contributed by atoms with Crippen LogP contribution in [-0.4, -0.2) is 10.2 Å². The van der Waals surface area contributed by atoms with Crippen molar-refractivity contribution < 1.29 is 0 Å². The maximum absolute atomic E-state index is 4.02. The second-order valence-corrected chi connectivity index (χ2v) is 3.69. The summed E-state index contributed by atoms with van der Waals surface area (Å²) in [6.45, 7) is 4.17. The number of nitrogens with one attached hydrogen (secondary N) is 1. The van der Waals surface area contributed by atoms with E-state index >= 15 is 0 Å². The van der Waals surface area contributed by atoms with E-state index in [9.17, 15) is 0 Å². The lowest BCUT2D eigenvalue weighted by Crippen LogP contribution is -1.89. The number of nitrogens with zero attached hydrogens (tertiary/aromatic N) is 1. The van der Waals surface area contributed by atoms with Gasteiger partial charge in [0.25, 0.3) is 0 Å². The standard InChI is InChI=1S/C12H14N2/c1-9-4-3-5-11(6-9)7-12-8-13-14-10(12)2/h3-6,8H,7H2,1-2H3,(H,13,14). The van der Waals surface area contributed by atoms with E-state index in [1.807, 2.05) is 6.20 Å². The minimum atomic E-state index is 0.962. The van der Waals surface area contributed by atoms with Gasteiger partial charge in [0.15, 0.2) is 0 Å². The highest BCUT2D eigenvalue weighted by molar-refractivity contribution is 5.29. The zero-order valence-corrected chi connectivity index (χ0v) is 8.54. The molecule has 0 spiro atoms. The Bertz CT molecular complexity index is 429. The molecular weight excluding hydrogens is 172 g/mol. The normalized spacial score (nSPS) is 10.4. The van der Waals surface area contributed by atoms with E-state index in [0.717, 1.165) is 12.1 Å². The number of hydrogen-bond acceptors (Lipinski definition) is 1. The number of H-pyrrole nitrogens is 1. The molecule has 1 aromatic carbocycles. The molecule has 1 aromatic heterocycles. The molecule has 1 heterocycles. The smallest absolute Gasteiger partial charge is 0.0525 e. The van der Waals surface area contributed by atoms with Gasteiger partial charge in [-0.3, -0.25) is 5.10 Å². The topological polar surface area (TPSA) is 28.7 Å². The summed E-state index contributed by atoms with van der Waals surface area (Å²) in [7, 11) is 0. The van der Waals surface area contributed by atoms with Crippen LogP contribution in [0.4, 0.5) is 0 Å². The molecule has 0 aliphatic heterocycles. The van der Waals surface area contributed by atoms with Gasteiger partial charge in [-0.05, 0) is 25.0 Å². The van der Waals surface area contributed by atoms with Crippen LogP contribution >= 0.6 is 0 Å². The fourth-order valence-corrected chi connectivity index (χ4v) is 1.60. The van der Waals surface area contributed by atoms with Crippen molar-refractivity contribution in [3.05, 3.63) is 52.8 Å². The molecule has 0 saturated carbocycles. The van der Waals surface area contributed by atoms with Crippen LogP contribution in [0.2, 0.25) is 0 Å². The van der Waals surface area contributed by atoms with E-state index in [-0.39, 0.29) is 0 Å². The van der Waals surface area contributed by atoms with E-state index in [0.29, 0.717) is 0 Å². The second-order valence-electron chi connectivity index (χ2n) is 3.69. The minimum Gasteiger partial charge on any atom is -0.283 e. The Labute approximate surface area is 84.0 Å². The quantitative estimate of drug-likeness (QED) is 0.767. The number of benzene rings is 1. The van der Waals surface area contributed by atoms with Gasteiger partial charge >= 0.3 is 0 Å². The average molecular weight is 186 g/mol. The molecule has 0 unspecified atom stereocenters. The van der Waals surface area contributed by atoms with Crippen LogP contribution in [0.25, 0.3) is 0 Å². The zero-order chi connectivity index (χ0) is 9.97. The predicted octanol–water partition coefficient (Wildman–Crippen LogP) is 2.62. The number of rotatable bonds is 2. The number of aryl methyl sites for hydroxylation is 2. The molecule has 0 aliphatic carbocycles. The van der Waals surface area contributed by atoms with Crippen molar-refractivity contribution in [2.75, 3.05) is 0 Å². The minimum absolute atomic E-state index is 0.962. The molecule has 2 aromatic rings. The van der Waals surface area contributed by atoms with Gasteiger partial charge in [-0.2, -0.15) is 5.10 Å². The van der Waals surface area contributed by atoms with Crippen LogP contribution in [0.1, 0.15) is 22.4 Å².